The third kappa shape index (κ3) is 3.04. The summed E-state index contributed by atoms with van der Waals surface area (Å²) in [6.07, 6.45) is 0. The number of nitriles is 1. The van der Waals surface area contributed by atoms with Crippen molar-refractivity contribution in [1.29, 1.82) is 5.26 Å². The predicted octanol–water partition coefficient (Wildman–Crippen LogP) is 1.22. The maximum atomic E-state index is 11.5. The van der Waals surface area contributed by atoms with Crippen molar-refractivity contribution in [1.82, 2.24) is 5.32 Å². The van der Waals surface area contributed by atoms with Gasteiger partial charge in [0.25, 0.3) is 11.1 Å². The van der Waals surface area contributed by atoms with E-state index in [4.69, 9.17) is 5.26 Å². The van der Waals surface area contributed by atoms with E-state index in [9.17, 15) is 4.79 Å². The molecule has 0 unspecified atom stereocenters. The maximum absolute atomic E-state index is 11.5. The molecule has 5 heteroatoms. The van der Waals surface area contributed by atoms with Crippen molar-refractivity contribution in [3.8, 4) is 6.07 Å². The zero-order chi connectivity index (χ0) is 11.3. The molecule has 0 saturated heterocycles. The number of carbonyl (C=O) groups excluding carboxylic acids is 1. The summed E-state index contributed by atoms with van der Waals surface area (Å²) in [6.45, 7) is 0. The summed E-state index contributed by atoms with van der Waals surface area (Å²) < 4.78 is 4.63. The number of nitrogens with one attached hydrogen (secondary N) is 1. The quantitative estimate of drug-likeness (QED) is 0.723. The SMILES string of the molecule is COC(=S)NC(=O)c1ccc(C#N)cc1. The van der Waals surface area contributed by atoms with Crippen molar-refractivity contribution in [3.05, 3.63) is 35.4 Å². The van der Waals surface area contributed by atoms with Gasteiger partial charge in [0.15, 0.2) is 0 Å². The molecule has 0 aliphatic rings. The Kier molecular flexibility index (Phi) is 3.77. The van der Waals surface area contributed by atoms with Crippen molar-refractivity contribution in [3.63, 3.8) is 0 Å². The van der Waals surface area contributed by atoms with Gasteiger partial charge in [0, 0.05) is 5.56 Å². The Hall–Kier alpha value is -1.93. The Morgan fingerprint density at radius 1 is 1.47 bits per heavy atom. The van der Waals surface area contributed by atoms with Crippen LogP contribution in [0.15, 0.2) is 24.3 Å². The number of benzene rings is 1. The van der Waals surface area contributed by atoms with Gasteiger partial charge in [-0.25, -0.2) is 0 Å². The monoisotopic (exact) mass is 220 g/mol. The van der Waals surface area contributed by atoms with Crippen LogP contribution in [0.2, 0.25) is 0 Å². The minimum Gasteiger partial charge on any atom is -0.474 e. The second-order valence-electron chi connectivity index (χ2n) is 2.63. The lowest BCUT2D eigenvalue weighted by atomic mass is 10.1. The highest BCUT2D eigenvalue weighted by molar-refractivity contribution is 7.80. The lowest BCUT2D eigenvalue weighted by Crippen LogP contribution is -2.29. The summed E-state index contributed by atoms with van der Waals surface area (Å²) in [6, 6.07) is 8.18. The highest BCUT2D eigenvalue weighted by Crippen LogP contribution is 2.02. The van der Waals surface area contributed by atoms with Crippen molar-refractivity contribution in [2.24, 2.45) is 0 Å². The molecule has 0 saturated carbocycles. The van der Waals surface area contributed by atoms with Crippen LogP contribution in [-0.2, 0) is 4.74 Å². The number of hydrogen-bond acceptors (Lipinski definition) is 4. The summed E-state index contributed by atoms with van der Waals surface area (Å²) in [7, 11) is 1.38. The summed E-state index contributed by atoms with van der Waals surface area (Å²) in [4.78, 5) is 11.5. The van der Waals surface area contributed by atoms with E-state index in [0.717, 1.165) is 0 Å². The van der Waals surface area contributed by atoms with Crippen molar-refractivity contribution in [2.45, 2.75) is 0 Å². The van der Waals surface area contributed by atoms with E-state index in [1.165, 1.54) is 7.11 Å². The first kappa shape index (κ1) is 11.1. The highest BCUT2D eigenvalue weighted by Gasteiger charge is 2.06. The van der Waals surface area contributed by atoms with E-state index < -0.39 is 0 Å². The van der Waals surface area contributed by atoms with Gasteiger partial charge >= 0.3 is 0 Å². The Morgan fingerprint density at radius 2 is 2.07 bits per heavy atom. The average Bonchev–Trinajstić information content (AvgIpc) is 2.29. The van der Waals surface area contributed by atoms with Crippen molar-refractivity contribution < 1.29 is 9.53 Å². The fourth-order valence-electron chi connectivity index (χ4n) is 0.912. The fraction of sp³-hybridized carbons (Fsp3) is 0.100. The molecule has 4 nitrogen and oxygen atoms in total. The molecule has 0 atom stereocenters. The molecule has 1 amide bonds. The lowest BCUT2D eigenvalue weighted by Gasteiger charge is -2.04. The first-order chi connectivity index (χ1) is 7.17. The smallest absolute Gasteiger partial charge is 0.263 e. The van der Waals surface area contributed by atoms with E-state index in [0.29, 0.717) is 11.1 Å². The second kappa shape index (κ2) is 5.08. The standard InChI is InChI=1S/C10H8N2O2S/c1-14-10(15)12-9(13)8-4-2-7(6-11)3-5-8/h2-5H,1H3,(H,12,13,15). The zero-order valence-electron chi connectivity index (χ0n) is 7.98. The number of methoxy groups -OCH3 is 1. The molecule has 76 valence electrons. The molecule has 0 radical (unpaired) electrons. The zero-order valence-corrected chi connectivity index (χ0v) is 8.80. The third-order valence-electron chi connectivity index (χ3n) is 1.68. The van der Waals surface area contributed by atoms with Gasteiger partial charge in [-0.1, -0.05) is 0 Å². The summed E-state index contributed by atoms with van der Waals surface area (Å²) in [5.74, 6) is -0.355. The van der Waals surface area contributed by atoms with Crippen molar-refractivity contribution in [2.75, 3.05) is 7.11 Å². The minimum absolute atomic E-state index is 0.0179. The van der Waals surface area contributed by atoms with Crippen LogP contribution >= 0.6 is 12.2 Å². The maximum Gasteiger partial charge on any atom is 0.263 e. The first-order valence-corrected chi connectivity index (χ1v) is 4.47. The van der Waals surface area contributed by atoms with Gasteiger partial charge in [-0.05, 0) is 36.5 Å². The number of carbonyl (C=O) groups is 1. The lowest BCUT2D eigenvalue weighted by molar-refractivity contribution is 0.0970. The van der Waals surface area contributed by atoms with E-state index >= 15 is 0 Å². The van der Waals surface area contributed by atoms with Crippen LogP contribution in [0.1, 0.15) is 15.9 Å². The molecular formula is C10H8N2O2S. The molecule has 0 aliphatic carbocycles. The van der Waals surface area contributed by atoms with Gasteiger partial charge in [-0.2, -0.15) is 5.26 Å². The second-order valence-corrected chi connectivity index (χ2v) is 3.01. The normalized spacial score (nSPS) is 8.80. The molecule has 1 N–H and O–H groups in total. The molecule has 1 rings (SSSR count). The van der Waals surface area contributed by atoms with Crippen LogP contribution in [0, 0.1) is 11.3 Å². The van der Waals surface area contributed by atoms with E-state index in [1.807, 2.05) is 6.07 Å². The van der Waals surface area contributed by atoms with E-state index in [1.54, 1.807) is 24.3 Å². The number of rotatable bonds is 1. The molecule has 0 spiro atoms. The third-order valence-corrected chi connectivity index (χ3v) is 1.95. The predicted molar refractivity (Wildman–Crippen MR) is 58.2 cm³/mol. The van der Waals surface area contributed by atoms with Crippen LogP contribution < -0.4 is 5.32 Å². The van der Waals surface area contributed by atoms with Gasteiger partial charge in [0.2, 0.25) is 0 Å². The Bertz CT molecular complexity index is 420. The molecule has 0 aliphatic heterocycles. The van der Waals surface area contributed by atoms with Crippen LogP contribution in [-0.4, -0.2) is 18.2 Å². The van der Waals surface area contributed by atoms with Crippen LogP contribution in [0.5, 0.6) is 0 Å². The van der Waals surface area contributed by atoms with Crippen LogP contribution in [0.4, 0.5) is 0 Å². The van der Waals surface area contributed by atoms with Crippen LogP contribution in [0.3, 0.4) is 0 Å². The Labute approximate surface area is 92.5 Å². The van der Waals surface area contributed by atoms with Crippen LogP contribution in [0.25, 0.3) is 0 Å². The molecule has 0 aromatic heterocycles. The highest BCUT2D eigenvalue weighted by atomic mass is 32.1. The molecule has 0 fully saturated rings. The van der Waals surface area contributed by atoms with Gasteiger partial charge in [0.1, 0.15) is 0 Å². The number of thiocarbonyl (C=S) groups is 1. The first-order valence-electron chi connectivity index (χ1n) is 4.07. The molecule has 0 heterocycles. The molecule has 1 aromatic carbocycles. The number of amides is 1. The van der Waals surface area contributed by atoms with E-state index in [-0.39, 0.29) is 11.1 Å². The molecule has 0 bridgehead atoms. The Morgan fingerprint density at radius 3 is 2.53 bits per heavy atom. The summed E-state index contributed by atoms with van der Waals surface area (Å²) in [5.41, 5.74) is 0.925. The van der Waals surface area contributed by atoms with Gasteiger partial charge in [0.05, 0.1) is 18.7 Å². The number of ether oxygens (including phenoxy) is 1. The minimum atomic E-state index is -0.355. The van der Waals surface area contributed by atoms with Gasteiger partial charge in [-0.15, -0.1) is 0 Å². The summed E-state index contributed by atoms with van der Waals surface area (Å²) in [5, 5.41) is 10.9. The topological polar surface area (TPSA) is 62.1 Å². The van der Waals surface area contributed by atoms with Gasteiger partial charge in [-0.3, -0.25) is 10.1 Å². The molecule has 15 heavy (non-hydrogen) atoms. The van der Waals surface area contributed by atoms with Crippen molar-refractivity contribution >= 4 is 23.3 Å². The Balaban J connectivity index is 2.75. The molecule has 1 aromatic rings. The fourth-order valence-corrected chi connectivity index (χ4v) is 1.00. The average molecular weight is 220 g/mol. The summed E-state index contributed by atoms with van der Waals surface area (Å²) >= 11 is 4.67. The largest absolute Gasteiger partial charge is 0.474 e. The van der Waals surface area contributed by atoms with Gasteiger partial charge < -0.3 is 4.74 Å². The molecular weight excluding hydrogens is 212 g/mol. The van der Waals surface area contributed by atoms with E-state index in [2.05, 4.69) is 22.3 Å². The number of nitrogens with zero attached hydrogens (tertiary/aromatic N) is 1. The number of hydrogen-bond donors (Lipinski definition) is 1.